The number of nitrogens with zero attached hydrogens (tertiary/aromatic N) is 3. The smallest absolute Gasteiger partial charge is 0.239 e. The number of nitrogens with two attached hydrogens (primary N) is 1. The number of hydrogen-bond acceptors (Lipinski definition) is 5. The van der Waals surface area contributed by atoms with Crippen LogP contribution >= 0.6 is 0 Å². The fourth-order valence-corrected chi connectivity index (χ4v) is 5.43. The summed E-state index contributed by atoms with van der Waals surface area (Å²) in [5.74, 6) is 0.0822. The maximum atomic E-state index is 13.2. The van der Waals surface area contributed by atoms with E-state index in [1.54, 1.807) is 0 Å². The molecule has 1 spiro atoms. The van der Waals surface area contributed by atoms with Crippen molar-refractivity contribution < 1.29 is 14.0 Å². The lowest BCUT2D eigenvalue weighted by atomic mass is 9.75. The lowest BCUT2D eigenvalue weighted by Gasteiger charge is -2.39. The molecule has 2 amide bonds. The number of hydrogen-bond donors (Lipinski definition) is 2. The van der Waals surface area contributed by atoms with Crippen molar-refractivity contribution in [3.63, 3.8) is 0 Å². The van der Waals surface area contributed by atoms with E-state index in [0.717, 1.165) is 64.1 Å². The van der Waals surface area contributed by atoms with E-state index in [-0.39, 0.29) is 35.0 Å². The first-order valence-corrected chi connectivity index (χ1v) is 12.4. The molecule has 1 aromatic rings. The molecule has 2 atom stereocenters. The van der Waals surface area contributed by atoms with Gasteiger partial charge in [0.25, 0.3) is 0 Å². The largest absolute Gasteiger partial charge is 0.369 e. The Hall–Kier alpha value is -2.19. The molecular formula is C25H38FN5O2. The fourth-order valence-electron chi connectivity index (χ4n) is 5.43. The minimum absolute atomic E-state index is 0.00887. The van der Waals surface area contributed by atoms with Crippen molar-refractivity contribution in [1.29, 1.82) is 0 Å². The van der Waals surface area contributed by atoms with Gasteiger partial charge in [0.2, 0.25) is 11.8 Å². The van der Waals surface area contributed by atoms with Crippen molar-refractivity contribution in [2.45, 2.75) is 51.6 Å². The van der Waals surface area contributed by atoms with Gasteiger partial charge in [-0.25, -0.2) is 4.39 Å². The van der Waals surface area contributed by atoms with Crippen LogP contribution in [0.4, 0.5) is 10.1 Å². The number of anilines is 1. The van der Waals surface area contributed by atoms with E-state index in [4.69, 9.17) is 5.73 Å². The Kier molecular flexibility index (Phi) is 7.24. The van der Waals surface area contributed by atoms with Crippen molar-refractivity contribution in [1.82, 2.24) is 15.1 Å². The number of piperazine rings is 1. The summed E-state index contributed by atoms with van der Waals surface area (Å²) >= 11 is 0. The third-order valence-corrected chi connectivity index (χ3v) is 7.85. The van der Waals surface area contributed by atoms with E-state index in [0.29, 0.717) is 13.1 Å². The molecule has 182 valence electrons. The summed E-state index contributed by atoms with van der Waals surface area (Å²) in [5, 5.41) is 3.24. The molecule has 0 saturated carbocycles. The van der Waals surface area contributed by atoms with Gasteiger partial charge in [0.15, 0.2) is 0 Å². The van der Waals surface area contributed by atoms with Gasteiger partial charge in [-0.05, 0) is 55.9 Å². The van der Waals surface area contributed by atoms with Gasteiger partial charge in [0, 0.05) is 57.5 Å². The number of carbonyl (C=O) groups excluding carboxylic acids is 2. The molecule has 7 nitrogen and oxygen atoms in total. The molecule has 0 radical (unpaired) electrons. The molecule has 0 aliphatic carbocycles. The number of piperidine rings is 1. The maximum absolute atomic E-state index is 13.2. The SMILES string of the molecule is CC(C)C(N)C(=O)N1CCC2(CC1)C[C@H](CCN1CCN(c3ccc(F)cc3)CC1)NC2=O. The van der Waals surface area contributed by atoms with Gasteiger partial charge in [-0.1, -0.05) is 13.8 Å². The lowest BCUT2D eigenvalue weighted by molar-refractivity contribution is -0.140. The monoisotopic (exact) mass is 459 g/mol. The minimum Gasteiger partial charge on any atom is -0.369 e. The van der Waals surface area contributed by atoms with Crippen LogP contribution in [0, 0.1) is 17.2 Å². The highest BCUT2D eigenvalue weighted by atomic mass is 19.1. The lowest BCUT2D eigenvalue weighted by Crippen LogP contribution is -2.52. The second-order valence-electron chi connectivity index (χ2n) is 10.3. The molecule has 4 rings (SSSR count). The Bertz CT molecular complexity index is 830. The fraction of sp³-hybridized carbons (Fsp3) is 0.680. The summed E-state index contributed by atoms with van der Waals surface area (Å²) in [6, 6.07) is 6.45. The summed E-state index contributed by atoms with van der Waals surface area (Å²) in [4.78, 5) is 32.0. The quantitative estimate of drug-likeness (QED) is 0.678. The molecule has 0 aromatic heterocycles. The average molecular weight is 460 g/mol. The summed E-state index contributed by atoms with van der Waals surface area (Å²) in [6.45, 7) is 9.91. The predicted octanol–water partition coefficient (Wildman–Crippen LogP) is 1.82. The van der Waals surface area contributed by atoms with Gasteiger partial charge in [0.1, 0.15) is 5.82 Å². The number of benzene rings is 1. The Balaban J connectivity index is 1.21. The van der Waals surface area contributed by atoms with Crippen molar-refractivity contribution in [3.05, 3.63) is 30.1 Å². The molecule has 3 heterocycles. The molecule has 3 aliphatic heterocycles. The van der Waals surface area contributed by atoms with E-state index >= 15 is 0 Å². The first-order chi connectivity index (χ1) is 15.8. The zero-order chi connectivity index (χ0) is 23.6. The van der Waals surface area contributed by atoms with E-state index < -0.39 is 6.04 Å². The standard InChI is InChI=1S/C25H38FN5O2/c1-18(2)22(27)23(32)31-11-8-25(9-12-31)17-20(28-24(25)33)7-10-29-13-15-30(16-14-29)21-5-3-19(26)4-6-21/h3-6,18,20,22H,7-17,27H2,1-2H3,(H,28,33)/t20-,22?/m0/s1. The summed E-state index contributed by atoms with van der Waals surface area (Å²) in [5.41, 5.74) is 6.79. The van der Waals surface area contributed by atoms with Crippen LogP contribution in [0.1, 0.15) is 39.5 Å². The molecule has 33 heavy (non-hydrogen) atoms. The summed E-state index contributed by atoms with van der Waals surface area (Å²) in [7, 11) is 0. The Morgan fingerprint density at radius 2 is 1.76 bits per heavy atom. The average Bonchev–Trinajstić information content (AvgIpc) is 3.12. The van der Waals surface area contributed by atoms with Crippen molar-refractivity contribution >= 4 is 17.5 Å². The Morgan fingerprint density at radius 3 is 2.36 bits per heavy atom. The molecule has 1 unspecified atom stereocenters. The number of likely N-dealkylation sites (tertiary alicyclic amines) is 1. The Labute approximate surface area is 196 Å². The summed E-state index contributed by atoms with van der Waals surface area (Å²) in [6.07, 6.45) is 3.26. The first-order valence-electron chi connectivity index (χ1n) is 12.4. The molecule has 1 aromatic carbocycles. The van der Waals surface area contributed by atoms with Crippen LogP contribution in [0.25, 0.3) is 0 Å². The maximum Gasteiger partial charge on any atom is 0.239 e. The van der Waals surface area contributed by atoms with Crippen molar-refractivity contribution in [2.24, 2.45) is 17.1 Å². The van der Waals surface area contributed by atoms with Crippen LogP contribution in [0.3, 0.4) is 0 Å². The molecular weight excluding hydrogens is 421 g/mol. The van der Waals surface area contributed by atoms with E-state index in [1.807, 2.05) is 30.9 Å². The van der Waals surface area contributed by atoms with Gasteiger partial charge in [-0.15, -0.1) is 0 Å². The first kappa shape index (κ1) is 24.0. The van der Waals surface area contributed by atoms with E-state index in [1.165, 1.54) is 12.1 Å². The van der Waals surface area contributed by atoms with Crippen LogP contribution in [0.15, 0.2) is 24.3 Å². The van der Waals surface area contributed by atoms with E-state index in [9.17, 15) is 14.0 Å². The van der Waals surface area contributed by atoms with Crippen LogP contribution < -0.4 is 16.0 Å². The number of rotatable bonds is 6. The molecule has 3 saturated heterocycles. The number of halogens is 1. The second-order valence-corrected chi connectivity index (χ2v) is 10.3. The summed E-state index contributed by atoms with van der Waals surface area (Å²) < 4.78 is 13.2. The van der Waals surface area contributed by atoms with E-state index in [2.05, 4.69) is 15.1 Å². The van der Waals surface area contributed by atoms with Crippen molar-refractivity contribution in [3.8, 4) is 0 Å². The van der Waals surface area contributed by atoms with Gasteiger partial charge in [-0.2, -0.15) is 0 Å². The van der Waals surface area contributed by atoms with Crippen LogP contribution in [-0.2, 0) is 9.59 Å². The van der Waals surface area contributed by atoms with Crippen LogP contribution in [0.5, 0.6) is 0 Å². The topological polar surface area (TPSA) is 81.9 Å². The van der Waals surface area contributed by atoms with Crippen LogP contribution in [-0.4, -0.2) is 79.5 Å². The molecule has 8 heteroatoms. The normalized spacial score (nSPS) is 24.4. The molecule has 3 fully saturated rings. The molecule has 3 N–H and O–H groups in total. The third-order valence-electron chi connectivity index (χ3n) is 7.85. The highest BCUT2D eigenvalue weighted by Gasteiger charge is 2.48. The minimum atomic E-state index is -0.465. The second kappa shape index (κ2) is 9.97. The number of nitrogens with one attached hydrogen (secondary N) is 1. The van der Waals surface area contributed by atoms with Gasteiger partial charge >= 0.3 is 0 Å². The van der Waals surface area contributed by atoms with Crippen LogP contribution in [0.2, 0.25) is 0 Å². The van der Waals surface area contributed by atoms with Gasteiger partial charge in [0.05, 0.1) is 11.5 Å². The van der Waals surface area contributed by atoms with Gasteiger partial charge in [-0.3, -0.25) is 14.5 Å². The highest BCUT2D eigenvalue weighted by molar-refractivity contribution is 5.86. The number of carbonyl (C=O) groups is 2. The zero-order valence-corrected chi connectivity index (χ0v) is 19.9. The molecule has 0 bridgehead atoms. The third kappa shape index (κ3) is 5.32. The predicted molar refractivity (Wildman–Crippen MR) is 127 cm³/mol. The molecule has 3 aliphatic rings. The zero-order valence-electron chi connectivity index (χ0n) is 19.9. The van der Waals surface area contributed by atoms with Crippen molar-refractivity contribution in [2.75, 3.05) is 50.7 Å². The Morgan fingerprint density at radius 1 is 1.12 bits per heavy atom. The number of amides is 2. The highest BCUT2D eigenvalue weighted by Crippen LogP contribution is 2.41. The van der Waals surface area contributed by atoms with Gasteiger partial charge < -0.3 is 20.9 Å².